The normalized spacial score (nSPS) is 16.9. The molecule has 1 unspecified atom stereocenters. The number of benzene rings is 4. The molecule has 0 saturated heterocycles. The summed E-state index contributed by atoms with van der Waals surface area (Å²) in [4.78, 5) is 4.91. The third-order valence-corrected chi connectivity index (χ3v) is 9.47. The van der Waals surface area contributed by atoms with E-state index in [0.717, 1.165) is 56.0 Å². The topological polar surface area (TPSA) is 34.9 Å². The molecule has 2 heterocycles. The van der Waals surface area contributed by atoms with E-state index < -0.39 is 7.14 Å². The van der Waals surface area contributed by atoms with Crippen molar-refractivity contribution in [1.29, 1.82) is 0 Å². The predicted molar refractivity (Wildman–Crippen MR) is 139 cm³/mol. The summed E-state index contributed by atoms with van der Waals surface area (Å²) in [6, 6.07) is 32.4. The van der Waals surface area contributed by atoms with Crippen LogP contribution in [0.4, 0.5) is 0 Å². The van der Waals surface area contributed by atoms with Gasteiger partial charge in [0.1, 0.15) is 5.82 Å². The van der Waals surface area contributed by atoms with Crippen LogP contribution in [0.1, 0.15) is 23.9 Å². The zero-order valence-corrected chi connectivity index (χ0v) is 19.2. The molecule has 33 heavy (non-hydrogen) atoms. The molecule has 5 aromatic rings. The Morgan fingerprint density at radius 1 is 0.788 bits per heavy atom. The average molecular weight is 446 g/mol. The molecule has 0 amide bonds. The van der Waals surface area contributed by atoms with E-state index >= 15 is 0 Å². The molecule has 0 spiro atoms. The first-order valence-electron chi connectivity index (χ1n) is 11.2. The van der Waals surface area contributed by atoms with Gasteiger partial charge >= 0.3 is 0 Å². The van der Waals surface area contributed by atoms with Crippen molar-refractivity contribution in [2.24, 2.45) is 0 Å². The summed E-state index contributed by atoms with van der Waals surface area (Å²) in [6.45, 7) is 2.12. The first-order valence-corrected chi connectivity index (χ1v) is 13.0. The number of para-hydroxylation sites is 1. The van der Waals surface area contributed by atoms with Gasteiger partial charge in [0.2, 0.25) is 0 Å². The van der Waals surface area contributed by atoms with E-state index in [4.69, 9.17) is 4.98 Å². The van der Waals surface area contributed by atoms with Gasteiger partial charge in [-0.3, -0.25) is 4.57 Å². The van der Waals surface area contributed by atoms with Gasteiger partial charge in [0.05, 0.1) is 16.7 Å². The van der Waals surface area contributed by atoms with Gasteiger partial charge in [0.15, 0.2) is 7.14 Å². The molecular weight excluding hydrogens is 423 g/mol. The molecular formula is C29H23N2OP. The lowest BCUT2D eigenvalue weighted by molar-refractivity contribution is 0.592. The third kappa shape index (κ3) is 3.04. The Morgan fingerprint density at radius 3 is 2.27 bits per heavy atom. The van der Waals surface area contributed by atoms with Crippen LogP contribution in [0.2, 0.25) is 0 Å². The van der Waals surface area contributed by atoms with Crippen molar-refractivity contribution in [2.75, 3.05) is 0 Å². The number of fused-ring (bicyclic) bond motifs is 2. The number of hydrogen-bond acceptors (Lipinski definition) is 2. The highest BCUT2D eigenvalue weighted by atomic mass is 31.2. The van der Waals surface area contributed by atoms with E-state index in [1.807, 2.05) is 66.7 Å². The van der Waals surface area contributed by atoms with Gasteiger partial charge in [-0.1, -0.05) is 91.9 Å². The Labute approximate surface area is 193 Å². The van der Waals surface area contributed by atoms with Crippen LogP contribution in [-0.4, -0.2) is 9.55 Å². The van der Waals surface area contributed by atoms with Gasteiger partial charge in [0.25, 0.3) is 0 Å². The lowest BCUT2D eigenvalue weighted by atomic mass is 10.1. The summed E-state index contributed by atoms with van der Waals surface area (Å²) in [7, 11) is -3.04. The molecule has 4 heteroatoms. The highest BCUT2D eigenvalue weighted by Crippen LogP contribution is 2.49. The molecule has 160 valence electrons. The fourth-order valence-corrected chi connectivity index (χ4v) is 7.79. The number of hydrogen-bond donors (Lipinski definition) is 0. The molecule has 1 aliphatic heterocycles. The number of aromatic nitrogens is 2. The monoisotopic (exact) mass is 446 g/mol. The molecule has 0 radical (unpaired) electrons. The van der Waals surface area contributed by atoms with Gasteiger partial charge in [-0.2, -0.15) is 0 Å². The van der Waals surface area contributed by atoms with Crippen molar-refractivity contribution >= 4 is 46.2 Å². The maximum absolute atomic E-state index is 15.0. The van der Waals surface area contributed by atoms with Crippen molar-refractivity contribution < 1.29 is 4.57 Å². The maximum Gasteiger partial charge on any atom is 0.175 e. The van der Waals surface area contributed by atoms with Gasteiger partial charge < -0.3 is 4.57 Å². The van der Waals surface area contributed by atoms with Crippen LogP contribution in [0.15, 0.2) is 97.1 Å². The van der Waals surface area contributed by atoms with Gasteiger partial charge in [-0.25, -0.2) is 4.98 Å². The molecule has 3 nitrogen and oxygen atoms in total. The van der Waals surface area contributed by atoms with Crippen LogP contribution in [0.3, 0.4) is 0 Å². The molecule has 0 aliphatic carbocycles. The van der Waals surface area contributed by atoms with E-state index in [-0.39, 0.29) is 0 Å². The van der Waals surface area contributed by atoms with Crippen molar-refractivity contribution in [1.82, 2.24) is 9.55 Å². The van der Waals surface area contributed by atoms with Gasteiger partial charge in [0, 0.05) is 22.3 Å². The standard InChI is InChI=1S/C29H23N2OP/c1-2-28-30-24-14-9-15-27-29(24)31(28)25-20-22(17-16-21-10-5-3-6-11-21)18-19-26(25)33(27,32)23-12-7-4-8-13-23/h3-20H,2H2,1H3/b17-16+. The summed E-state index contributed by atoms with van der Waals surface area (Å²) in [5, 5.41) is 2.61. The first-order chi connectivity index (χ1) is 16.2. The molecule has 0 bridgehead atoms. The Bertz CT molecular complexity index is 1570. The fourth-order valence-electron chi connectivity index (χ4n) is 4.80. The summed E-state index contributed by atoms with van der Waals surface area (Å²) in [6.07, 6.45) is 5.02. The second kappa shape index (κ2) is 7.72. The Kier molecular flexibility index (Phi) is 4.67. The second-order valence-electron chi connectivity index (χ2n) is 8.30. The van der Waals surface area contributed by atoms with Crippen LogP contribution < -0.4 is 15.9 Å². The maximum atomic E-state index is 15.0. The van der Waals surface area contributed by atoms with Crippen LogP contribution in [0, 0.1) is 0 Å². The fraction of sp³-hybridized carbons (Fsp3) is 0.0690. The van der Waals surface area contributed by atoms with E-state index in [1.165, 1.54) is 0 Å². The van der Waals surface area contributed by atoms with Gasteiger partial charge in [-0.15, -0.1) is 0 Å². The molecule has 0 fully saturated rings. The van der Waals surface area contributed by atoms with Gasteiger partial charge in [-0.05, 0) is 35.4 Å². The Balaban J connectivity index is 1.64. The van der Waals surface area contributed by atoms with E-state index in [9.17, 15) is 4.57 Å². The Morgan fingerprint density at radius 2 is 1.52 bits per heavy atom. The lowest BCUT2D eigenvalue weighted by Gasteiger charge is -2.29. The van der Waals surface area contributed by atoms with Crippen molar-refractivity contribution in [3.05, 3.63) is 114 Å². The minimum absolute atomic E-state index is 0.799. The zero-order chi connectivity index (χ0) is 22.4. The number of rotatable bonds is 4. The van der Waals surface area contributed by atoms with Crippen LogP contribution in [0.25, 0.3) is 28.9 Å². The molecule has 1 aromatic heterocycles. The van der Waals surface area contributed by atoms with Crippen LogP contribution in [-0.2, 0) is 11.0 Å². The predicted octanol–water partition coefficient (Wildman–Crippen LogP) is 5.71. The third-order valence-electron chi connectivity index (χ3n) is 6.35. The van der Waals surface area contributed by atoms with E-state index in [0.29, 0.717) is 0 Å². The molecule has 4 aromatic carbocycles. The number of imidazole rings is 1. The number of nitrogens with zero attached hydrogens (tertiary/aromatic N) is 2. The van der Waals surface area contributed by atoms with Crippen molar-refractivity contribution in [2.45, 2.75) is 13.3 Å². The zero-order valence-electron chi connectivity index (χ0n) is 18.3. The average Bonchev–Trinajstić information content (AvgIpc) is 3.26. The Hall–Kier alpha value is -3.68. The largest absolute Gasteiger partial charge is 0.308 e. The van der Waals surface area contributed by atoms with Crippen molar-refractivity contribution in [3.63, 3.8) is 0 Å². The SMILES string of the molecule is CCc1nc2cccc3c2n1-c1cc(/C=C/c2ccccc2)ccc1P3(=O)c1ccccc1. The highest BCUT2D eigenvalue weighted by Gasteiger charge is 2.39. The summed E-state index contributed by atoms with van der Waals surface area (Å²) < 4.78 is 17.2. The summed E-state index contributed by atoms with van der Waals surface area (Å²) in [5.74, 6) is 0.988. The summed E-state index contributed by atoms with van der Waals surface area (Å²) in [5.41, 5.74) is 5.06. The number of aryl methyl sites for hydroxylation is 1. The van der Waals surface area contributed by atoms with E-state index in [2.05, 4.69) is 54.0 Å². The first kappa shape index (κ1) is 20.0. The second-order valence-corrected chi connectivity index (χ2v) is 11.0. The summed E-state index contributed by atoms with van der Waals surface area (Å²) >= 11 is 0. The molecule has 6 rings (SSSR count). The highest BCUT2D eigenvalue weighted by molar-refractivity contribution is 7.86. The smallest absolute Gasteiger partial charge is 0.175 e. The minimum Gasteiger partial charge on any atom is -0.308 e. The van der Waals surface area contributed by atoms with Crippen molar-refractivity contribution in [3.8, 4) is 5.69 Å². The van der Waals surface area contributed by atoms with E-state index in [1.54, 1.807) is 0 Å². The molecule has 1 atom stereocenters. The molecule has 0 saturated carbocycles. The van der Waals surface area contributed by atoms with Crippen LogP contribution >= 0.6 is 7.14 Å². The van der Waals surface area contributed by atoms with Crippen LogP contribution in [0.5, 0.6) is 0 Å². The lowest BCUT2D eigenvalue weighted by Crippen LogP contribution is -2.33. The molecule has 1 aliphatic rings. The quantitative estimate of drug-likeness (QED) is 0.257. The minimum atomic E-state index is -3.04. The molecule has 0 N–H and O–H groups in total.